The van der Waals surface area contributed by atoms with Crippen LogP contribution in [-0.2, 0) is 15.4 Å². The maximum atomic E-state index is 13.0. The smallest absolute Gasteiger partial charge is 0.257 e. The highest BCUT2D eigenvalue weighted by Gasteiger charge is 2.21. The molecule has 5 heteroatoms. The van der Waals surface area contributed by atoms with Crippen LogP contribution in [0.15, 0.2) is 89.8 Å². The van der Waals surface area contributed by atoms with Gasteiger partial charge in [-0.15, -0.1) is 4.83 Å². The van der Waals surface area contributed by atoms with Crippen LogP contribution < -0.4 is 9.84 Å². The standard InChI is InChI=1S/C22H24N2O2S/c1-22(2,3)18-14-16-21(17-15-18)27(25,26)23-24(19-10-6-4-7-11-19)20-12-8-5-9-13-20/h4-17,23H,1-3H3. The Morgan fingerprint density at radius 2 is 1.15 bits per heavy atom. The molecule has 0 aromatic heterocycles. The van der Waals surface area contributed by atoms with E-state index in [2.05, 4.69) is 25.6 Å². The van der Waals surface area contributed by atoms with Gasteiger partial charge in [-0.05, 0) is 47.4 Å². The third-order valence-corrected chi connectivity index (χ3v) is 5.59. The van der Waals surface area contributed by atoms with Crippen molar-refractivity contribution in [2.24, 2.45) is 0 Å². The average Bonchev–Trinajstić information content (AvgIpc) is 2.67. The monoisotopic (exact) mass is 380 g/mol. The second kappa shape index (κ2) is 7.55. The highest BCUT2D eigenvalue weighted by atomic mass is 32.2. The number of rotatable bonds is 5. The maximum Gasteiger partial charge on any atom is 0.257 e. The van der Waals surface area contributed by atoms with Crippen molar-refractivity contribution in [2.75, 3.05) is 5.01 Å². The van der Waals surface area contributed by atoms with Crippen LogP contribution in [0.1, 0.15) is 26.3 Å². The zero-order chi connectivity index (χ0) is 19.5. The Balaban J connectivity index is 1.95. The number of anilines is 2. The Morgan fingerprint density at radius 3 is 1.56 bits per heavy atom. The summed E-state index contributed by atoms with van der Waals surface area (Å²) in [6.07, 6.45) is 0. The molecule has 140 valence electrons. The number of nitrogens with zero attached hydrogens (tertiary/aromatic N) is 1. The molecule has 0 bridgehead atoms. The molecule has 1 N–H and O–H groups in total. The molecule has 27 heavy (non-hydrogen) atoms. The second-order valence-corrected chi connectivity index (χ2v) is 9.04. The molecule has 0 fully saturated rings. The largest absolute Gasteiger partial charge is 0.263 e. The lowest BCUT2D eigenvalue weighted by Gasteiger charge is -2.25. The summed E-state index contributed by atoms with van der Waals surface area (Å²) in [4.78, 5) is 2.94. The fourth-order valence-corrected chi connectivity index (χ4v) is 3.77. The number of hydrogen-bond donors (Lipinski definition) is 1. The first-order valence-electron chi connectivity index (χ1n) is 8.81. The highest BCUT2D eigenvalue weighted by Crippen LogP contribution is 2.26. The third kappa shape index (κ3) is 4.56. The predicted octanol–water partition coefficient (Wildman–Crippen LogP) is 5.02. The number of hydrogen-bond acceptors (Lipinski definition) is 3. The van der Waals surface area contributed by atoms with E-state index in [0.717, 1.165) is 16.9 Å². The molecule has 3 aromatic rings. The van der Waals surface area contributed by atoms with Crippen molar-refractivity contribution in [1.29, 1.82) is 0 Å². The lowest BCUT2D eigenvalue weighted by Crippen LogP contribution is -2.38. The van der Waals surface area contributed by atoms with Gasteiger partial charge in [-0.1, -0.05) is 69.3 Å². The van der Waals surface area contributed by atoms with Crippen LogP contribution in [0.5, 0.6) is 0 Å². The van der Waals surface area contributed by atoms with Gasteiger partial charge < -0.3 is 0 Å². The normalized spacial score (nSPS) is 12.0. The molecule has 0 aliphatic carbocycles. The zero-order valence-electron chi connectivity index (χ0n) is 15.8. The van der Waals surface area contributed by atoms with Gasteiger partial charge >= 0.3 is 0 Å². The molecule has 0 heterocycles. The summed E-state index contributed by atoms with van der Waals surface area (Å²) in [5.41, 5.74) is 2.53. The molecular weight excluding hydrogens is 356 g/mol. The summed E-state index contributed by atoms with van der Waals surface area (Å²) < 4.78 is 26.0. The lowest BCUT2D eigenvalue weighted by molar-refractivity contribution is 0.579. The molecule has 3 rings (SSSR count). The molecule has 0 radical (unpaired) electrons. The fraction of sp³-hybridized carbons (Fsp3) is 0.182. The first-order valence-corrected chi connectivity index (χ1v) is 10.3. The Morgan fingerprint density at radius 1 is 0.704 bits per heavy atom. The minimum absolute atomic E-state index is 0.0319. The van der Waals surface area contributed by atoms with Crippen molar-refractivity contribution >= 4 is 21.4 Å². The molecule has 4 nitrogen and oxygen atoms in total. The van der Waals surface area contributed by atoms with Gasteiger partial charge in [0.05, 0.1) is 16.3 Å². The lowest BCUT2D eigenvalue weighted by atomic mass is 9.87. The first-order chi connectivity index (χ1) is 12.8. The molecule has 0 unspecified atom stereocenters. The Bertz CT molecular complexity index is 938. The minimum Gasteiger partial charge on any atom is -0.263 e. The predicted molar refractivity (Wildman–Crippen MR) is 110 cm³/mol. The summed E-state index contributed by atoms with van der Waals surface area (Å²) >= 11 is 0. The number of hydrazine groups is 1. The molecule has 0 aliphatic rings. The van der Waals surface area contributed by atoms with Crippen LogP contribution in [0.4, 0.5) is 11.4 Å². The van der Waals surface area contributed by atoms with E-state index >= 15 is 0 Å². The van der Waals surface area contributed by atoms with E-state index in [1.807, 2.05) is 72.8 Å². The molecule has 0 saturated carbocycles. The van der Waals surface area contributed by atoms with E-state index in [4.69, 9.17) is 0 Å². The van der Waals surface area contributed by atoms with Crippen molar-refractivity contribution in [1.82, 2.24) is 4.83 Å². The van der Waals surface area contributed by atoms with E-state index < -0.39 is 10.0 Å². The van der Waals surface area contributed by atoms with Crippen molar-refractivity contribution in [3.8, 4) is 0 Å². The summed E-state index contributed by atoms with van der Waals surface area (Å²) in [7, 11) is -3.74. The number of nitrogens with one attached hydrogen (secondary N) is 1. The Kier molecular flexibility index (Phi) is 5.35. The molecule has 0 aliphatic heterocycles. The van der Waals surface area contributed by atoms with Crippen LogP contribution in [0.25, 0.3) is 0 Å². The van der Waals surface area contributed by atoms with Crippen LogP contribution in [-0.4, -0.2) is 8.42 Å². The number of benzene rings is 3. The van der Waals surface area contributed by atoms with Crippen LogP contribution in [0.2, 0.25) is 0 Å². The van der Waals surface area contributed by atoms with Gasteiger partial charge in [0.15, 0.2) is 0 Å². The second-order valence-electron chi connectivity index (χ2n) is 7.38. The fourth-order valence-electron chi connectivity index (χ4n) is 2.72. The van der Waals surface area contributed by atoms with Crippen molar-refractivity contribution in [2.45, 2.75) is 31.1 Å². The van der Waals surface area contributed by atoms with Gasteiger partial charge in [0, 0.05) is 0 Å². The topological polar surface area (TPSA) is 49.4 Å². The van der Waals surface area contributed by atoms with Gasteiger partial charge in [0.25, 0.3) is 10.0 Å². The zero-order valence-corrected chi connectivity index (χ0v) is 16.6. The Labute approximate surface area is 161 Å². The SMILES string of the molecule is CC(C)(C)c1ccc(S(=O)(=O)NN(c2ccccc2)c2ccccc2)cc1. The van der Waals surface area contributed by atoms with Gasteiger partial charge in [-0.2, -0.15) is 0 Å². The van der Waals surface area contributed by atoms with E-state index in [-0.39, 0.29) is 10.3 Å². The quantitative estimate of drug-likeness (QED) is 0.633. The first kappa shape index (κ1) is 19.1. The number of para-hydroxylation sites is 2. The van der Waals surface area contributed by atoms with E-state index in [0.29, 0.717) is 0 Å². The van der Waals surface area contributed by atoms with Gasteiger partial charge in [0.1, 0.15) is 0 Å². The Hall–Kier alpha value is -2.63. The van der Waals surface area contributed by atoms with Crippen LogP contribution in [0.3, 0.4) is 0 Å². The minimum atomic E-state index is -3.74. The van der Waals surface area contributed by atoms with Crippen molar-refractivity contribution < 1.29 is 8.42 Å². The van der Waals surface area contributed by atoms with Crippen LogP contribution in [0, 0.1) is 0 Å². The molecular formula is C22H24N2O2S. The van der Waals surface area contributed by atoms with E-state index in [1.165, 1.54) is 0 Å². The average molecular weight is 381 g/mol. The number of sulfonamides is 1. The molecule has 0 atom stereocenters. The summed E-state index contributed by atoms with van der Waals surface area (Å²) in [6.45, 7) is 6.30. The molecule has 0 spiro atoms. The van der Waals surface area contributed by atoms with Crippen molar-refractivity contribution in [3.63, 3.8) is 0 Å². The van der Waals surface area contributed by atoms with Gasteiger partial charge in [-0.3, -0.25) is 5.01 Å². The molecule has 3 aromatic carbocycles. The van der Waals surface area contributed by atoms with Gasteiger partial charge in [0.2, 0.25) is 0 Å². The maximum absolute atomic E-state index is 13.0. The van der Waals surface area contributed by atoms with Crippen molar-refractivity contribution in [3.05, 3.63) is 90.5 Å². The van der Waals surface area contributed by atoms with E-state index in [1.54, 1.807) is 17.1 Å². The van der Waals surface area contributed by atoms with Crippen LogP contribution >= 0.6 is 0 Å². The third-order valence-electron chi connectivity index (χ3n) is 4.27. The highest BCUT2D eigenvalue weighted by molar-refractivity contribution is 7.89. The van der Waals surface area contributed by atoms with E-state index in [9.17, 15) is 8.42 Å². The molecule has 0 saturated heterocycles. The summed E-state index contributed by atoms with van der Waals surface area (Å²) in [5, 5.41) is 1.58. The van der Waals surface area contributed by atoms with Gasteiger partial charge in [-0.25, -0.2) is 8.42 Å². The summed E-state index contributed by atoms with van der Waals surface area (Å²) in [5.74, 6) is 0. The summed E-state index contributed by atoms with van der Waals surface area (Å²) in [6, 6.07) is 25.7. The molecule has 0 amide bonds.